The van der Waals surface area contributed by atoms with Crippen molar-refractivity contribution in [1.29, 1.82) is 5.26 Å². The van der Waals surface area contributed by atoms with Gasteiger partial charge in [-0.3, -0.25) is 0 Å². The molecule has 1 aliphatic heterocycles. The Kier molecular flexibility index (Phi) is 3.53. The Morgan fingerprint density at radius 3 is 2.94 bits per heavy atom. The predicted molar refractivity (Wildman–Crippen MR) is 69.7 cm³/mol. The van der Waals surface area contributed by atoms with Gasteiger partial charge in [0.1, 0.15) is 11.4 Å². The molecule has 2 atom stereocenters. The average Bonchev–Trinajstić information content (AvgIpc) is 2.34. The van der Waals surface area contributed by atoms with E-state index in [1.807, 2.05) is 0 Å². The van der Waals surface area contributed by atoms with Gasteiger partial charge in [-0.2, -0.15) is 5.26 Å². The third kappa shape index (κ3) is 2.62. The number of halogens is 1. The molecule has 2 rings (SSSR count). The molecule has 0 bridgehead atoms. The molecule has 1 aliphatic rings. The maximum absolute atomic E-state index is 13.2. The van der Waals surface area contributed by atoms with Crippen molar-refractivity contribution in [3.63, 3.8) is 0 Å². The van der Waals surface area contributed by atoms with Crippen LogP contribution in [0.3, 0.4) is 0 Å². The molecule has 1 aromatic carbocycles. The molecule has 1 heterocycles. The largest absolute Gasteiger partial charge is 0.367 e. The molecular weight excluding hydrogens is 229 g/mol. The van der Waals surface area contributed by atoms with Crippen molar-refractivity contribution >= 4 is 5.69 Å². The van der Waals surface area contributed by atoms with Gasteiger partial charge in [0.25, 0.3) is 0 Å². The van der Waals surface area contributed by atoms with E-state index in [9.17, 15) is 9.65 Å². The highest BCUT2D eigenvalue weighted by Gasteiger charge is 2.37. The molecule has 96 valence electrons. The molecule has 1 N–H and O–H groups in total. The number of piperidine rings is 1. The number of nitriles is 1. The fraction of sp³-hybridized carbons (Fsp3) is 0.500. The Morgan fingerprint density at radius 1 is 1.56 bits per heavy atom. The van der Waals surface area contributed by atoms with E-state index in [1.165, 1.54) is 12.1 Å². The first-order valence-corrected chi connectivity index (χ1v) is 6.20. The molecule has 0 spiro atoms. The molecule has 0 radical (unpaired) electrons. The normalized spacial score (nSPS) is 28.7. The first-order chi connectivity index (χ1) is 8.54. The van der Waals surface area contributed by atoms with Crippen molar-refractivity contribution in [2.45, 2.75) is 31.3 Å². The lowest BCUT2D eigenvalue weighted by molar-refractivity contribution is 0.167. The molecular formula is C14H18FN3. The summed E-state index contributed by atoms with van der Waals surface area (Å²) in [5.74, 6) is -0.283. The van der Waals surface area contributed by atoms with Crippen molar-refractivity contribution in [1.82, 2.24) is 4.90 Å². The lowest BCUT2D eigenvalue weighted by Crippen LogP contribution is -2.51. The van der Waals surface area contributed by atoms with Crippen LogP contribution in [0, 0.1) is 17.1 Å². The summed E-state index contributed by atoms with van der Waals surface area (Å²) in [6, 6.07) is 9.01. The first-order valence-electron chi connectivity index (χ1n) is 6.20. The lowest BCUT2D eigenvalue weighted by atomic mass is 9.85. The van der Waals surface area contributed by atoms with Crippen molar-refractivity contribution in [2.24, 2.45) is 0 Å². The highest BCUT2D eigenvalue weighted by Crippen LogP contribution is 2.29. The van der Waals surface area contributed by atoms with Gasteiger partial charge in [-0.05, 0) is 45.0 Å². The summed E-state index contributed by atoms with van der Waals surface area (Å²) in [4.78, 5) is 2.24. The number of nitrogens with zero attached hydrogens (tertiary/aromatic N) is 2. The van der Waals surface area contributed by atoms with E-state index in [-0.39, 0.29) is 5.82 Å². The number of rotatable bonds is 2. The molecule has 0 aromatic heterocycles. The second-order valence-electron chi connectivity index (χ2n) is 5.11. The van der Waals surface area contributed by atoms with Gasteiger partial charge >= 0.3 is 0 Å². The molecule has 1 aromatic rings. The van der Waals surface area contributed by atoms with E-state index in [2.05, 4.69) is 30.3 Å². The van der Waals surface area contributed by atoms with Crippen LogP contribution in [-0.2, 0) is 0 Å². The van der Waals surface area contributed by atoms with Gasteiger partial charge in [0.05, 0.1) is 6.07 Å². The van der Waals surface area contributed by atoms with Gasteiger partial charge in [-0.25, -0.2) is 4.39 Å². The van der Waals surface area contributed by atoms with Crippen LogP contribution in [0.15, 0.2) is 24.3 Å². The first kappa shape index (κ1) is 12.8. The average molecular weight is 247 g/mol. The van der Waals surface area contributed by atoms with Crippen LogP contribution < -0.4 is 5.32 Å². The Bertz CT molecular complexity index is 468. The smallest absolute Gasteiger partial charge is 0.128 e. The van der Waals surface area contributed by atoms with Crippen molar-refractivity contribution in [3.8, 4) is 6.07 Å². The summed E-state index contributed by atoms with van der Waals surface area (Å²) in [6.07, 6.45) is 1.50. The molecule has 1 fully saturated rings. The van der Waals surface area contributed by atoms with E-state index in [1.54, 1.807) is 12.1 Å². The fourth-order valence-electron chi connectivity index (χ4n) is 2.44. The quantitative estimate of drug-likeness (QED) is 0.873. The van der Waals surface area contributed by atoms with Gasteiger partial charge < -0.3 is 10.2 Å². The third-order valence-corrected chi connectivity index (χ3v) is 3.71. The maximum Gasteiger partial charge on any atom is 0.128 e. The van der Waals surface area contributed by atoms with Crippen LogP contribution in [0.2, 0.25) is 0 Å². The molecule has 0 aliphatic carbocycles. The molecule has 0 saturated carbocycles. The van der Waals surface area contributed by atoms with Crippen molar-refractivity contribution in [2.75, 3.05) is 18.9 Å². The van der Waals surface area contributed by atoms with Gasteiger partial charge in [0.2, 0.25) is 0 Å². The Morgan fingerprint density at radius 2 is 2.33 bits per heavy atom. The van der Waals surface area contributed by atoms with Crippen LogP contribution in [0.5, 0.6) is 0 Å². The number of hydrogen-bond donors (Lipinski definition) is 1. The highest BCUT2D eigenvalue weighted by atomic mass is 19.1. The van der Waals surface area contributed by atoms with Crippen LogP contribution in [0.1, 0.15) is 19.8 Å². The number of anilines is 1. The maximum atomic E-state index is 13.2. The van der Waals surface area contributed by atoms with Gasteiger partial charge in [-0.1, -0.05) is 6.07 Å². The van der Waals surface area contributed by atoms with E-state index >= 15 is 0 Å². The molecule has 0 amide bonds. The highest BCUT2D eigenvalue weighted by molar-refractivity contribution is 5.48. The molecule has 18 heavy (non-hydrogen) atoms. The number of nitrogens with one attached hydrogen (secondary N) is 1. The Hall–Kier alpha value is -1.60. The Labute approximate surface area is 107 Å². The summed E-state index contributed by atoms with van der Waals surface area (Å²) in [5.41, 5.74) is 0.0907. The van der Waals surface area contributed by atoms with Crippen LogP contribution in [-0.4, -0.2) is 30.1 Å². The molecule has 1 saturated heterocycles. The third-order valence-electron chi connectivity index (χ3n) is 3.71. The van der Waals surface area contributed by atoms with Gasteiger partial charge in [0, 0.05) is 18.3 Å². The zero-order valence-corrected chi connectivity index (χ0v) is 10.8. The predicted octanol–water partition coefficient (Wildman–Crippen LogP) is 2.61. The number of likely N-dealkylation sites (tertiary alicyclic amines) is 1. The van der Waals surface area contributed by atoms with Crippen molar-refractivity contribution < 1.29 is 4.39 Å². The van der Waals surface area contributed by atoms with Crippen molar-refractivity contribution in [3.05, 3.63) is 30.1 Å². The monoisotopic (exact) mass is 247 g/mol. The standard InChI is InChI=1S/C14H18FN3/c1-11-9-14(10-16,6-7-18(11)2)17-13-5-3-4-12(15)8-13/h3-5,8,11,17H,6-7,9H2,1-2H3. The van der Waals surface area contributed by atoms with Gasteiger partial charge in [-0.15, -0.1) is 0 Å². The fourth-order valence-corrected chi connectivity index (χ4v) is 2.44. The zero-order valence-electron chi connectivity index (χ0n) is 10.8. The van der Waals surface area contributed by atoms with E-state index in [0.717, 1.165) is 19.4 Å². The van der Waals surface area contributed by atoms with Crippen LogP contribution >= 0.6 is 0 Å². The van der Waals surface area contributed by atoms with Gasteiger partial charge in [0.15, 0.2) is 0 Å². The number of benzene rings is 1. The second-order valence-corrected chi connectivity index (χ2v) is 5.11. The van der Waals surface area contributed by atoms with Crippen LogP contribution in [0.4, 0.5) is 10.1 Å². The summed E-state index contributed by atoms with van der Waals surface area (Å²) >= 11 is 0. The summed E-state index contributed by atoms with van der Waals surface area (Å²) in [7, 11) is 2.06. The molecule has 4 heteroatoms. The minimum Gasteiger partial charge on any atom is -0.367 e. The topological polar surface area (TPSA) is 39.1 Å². The number of hydrogen-bond acceptors (Lipinski definition) is 3. The summed E-state index contributed by atoms with van der Waals surface area (Å²) in [6.45, 7) is 2.98. The lowest BCUT2D eigenvalue weighted by Gasteiger charge is -2.41. The van der Waals surface area contributed by atoms with E-state index in [4.69, 9.17) is 0 Å². The second kappa shape index (κ2) is 4.95. The summed E-state index contributed by atoms with van der Waals surface area (Å²) in [5, 5.41) is 12.7. The van der Waals surface area contributed by atoms with E-state index < -0.39 is 5.54 Å². The minimum atomic E-state index is -0.584. The zero-order chi connectivity index (χ0) is 13.2. The minimum absolute atomic E-state index is 0.283. The van der Waals surface area contributed by atoms with E-state index in [0.29, 0.717) is 11.7 Å². The molecule has 3 nitrogen and oxygen atoms in total. The molecule has 2 unspecified atom stereocenters. The Balaban J connectivity index is 2.17. The van der Waals surface area contributed by atoms with Crippen LogP contribution in [0.25, 0.3) is 0 Å². The SMILES string of the molecule is CC1CC(C#N)(Nc2cccc(F)c2)CCN1C. The summed E-state index contributed by atoms with van der Waals surface area (Å²) < 4.78 is 13.2.